The van der Waals surface area contributed by atoms with E-state index >= 15 is 0 Å². The quantitative estimate of drug-likeness (QED) is 0.570. The van der Waals surface area contributed by atoms with Gasteiger partial charge in [-0.05, 0) is 31.5 Å². The number of aromatic amines is 2. The molecule has 0 bridgehead atoms. The van der Waals surface area contributed by atoms with Crippen LogP contribution in [0.3, 0.4) is 0 Å². The van der Waals surface area contributed by atoms with Gasteiger partial charge in [0.25, 0.3) is 5.56 Å². The number of hydrogen-bond acceptors (Lipinski definition) is 6. The number of rotatable bonds is 6. The maximum absolute atomic E-state index is 13.0. The highest BCUT2D eigenvalue weighted by atomic mass is 32.2. The van der Waals surface area contributed by atoms with Gasteiger partial charge >= 0.3 is 5.69 Å². The van der Waals surface area contributed by atoms with Crippen molar-refractivity contribution in [3.63, 3.8) is 0 Å². The Bertz CT molecular complexity index is 1120. The van der Waals surface area contributed by atoms with Crippen molar-refractivity contribution in [1.29, 1.82) is 0 Å². The van der Waals surface area contributed by atoms with E-state index in [1.807, 2.05) is 18.7 Å². The summed E-state index contributed by atoms with van der Waals surface area (Å²) < 4.78 is 27.3. The number of carbonyl (C=O) groups excluding carboxylic acids is 1. The van der Waals surface area contributed by atoms with Crippen LogP contribution in [0, 0.1) is 0 Å². The van der Waals surface area contributed by atoms with Crippen LogP contribution in [0.5, 0.6) is 0 Å². The topological polar surface area (TPSA) is 135 Å². The smallest absolute Gasteiger partial charge is 0.326 e. The normalized spacial score (nSPS) is 17.3. The van der Waals surface area contributed by atoms with Crippen LogP contribution in [0.4, 0.5) is 0 Å². The molecule has 1 aromatic carbocycles. The van der Waals surface area contributed by atoms with Gasteiger partial charge < -0.3 is 10.3 Å². The zero-order valence-corrected chi connectivity index (χ0v) is 17.2. The summed E-state index contributed by atoms with van der Waals surface area (Å²) in [6, 6.07) is 4.16. The Morgan fingerprint density at radius 1 is 1.17 bits per heavy atom. The van der Waals surface area contributed by atoms with Crippen LogP contribution < -0.4 is 16.6 Å². The third-order valence-electron chi connectivity index (χ3n) is 5.07. The molecule has 1 aliphatic rings. The summed E-state index contributed by atoms with van der Waals surface area (Å²) in [7, 11) is -3.79. The molecule has 2 aromatic rings. The molecule has 1 saturated heterocycles. The number of aromatic nitrogens is 2. The Morgan fingerprint density at radius 2 is 1.86 bits per heavy atom. The molecule has 1 atom stereocenters. The van der Waals surface area contributed by atoms with Crippen molar-refractivity contribution >= 4 is 26.8 Å². The van der Waals surface area contributed by atoms with Gasteiger partial charge in [-0.2, -0.15) is 4.31 Å². The summed E-state index contributed by atoms with van der Waals surface area (Å²) in [5.41, 5.74) is -1.01. The zero-order chi connectivity index (χ0) is 21.2. The Balaban J connectivity index is 1.70. The molecule has 1 aromatic heterocycles. The van der Waals surface area contributed by atoms with Gasteiger partial charge in [-0.1, -0.05) is 6.92 Å². The van der Waals surface area contributed by atoms with Crippen LogP contribution in [0.1, 0.15) is 20.3 Å². The van der Waals surface area contributed by atoms with E-state index < -0.39 is 21.3 Å². The Morgan fingerprint density at radius 3 is 2.52 bits per heavy atom. The molecule has 0 radical (unpaired) electrons. The van der Waals surface area contributed by atoms with E-state index in [1.54, 1.807) is 0 Å². The van der Waals surface area contributed by atoms with Crippen LogP contribution in [0.2, 0.25) is 0 Å². The minimum atomic E-state index is -3.79. The lowest BCUT2D eigenvalue weighted by Crippen LogP contribution is -2.51. The fraction of sp³-hybridized carbons (Fsp3) is 0.500. The number of nitrogens with zero attached hydrogens (tertiary/aromatic N) is 2. The van der Waals surface area contributed by atoms with Crippen molar-refractivity contribution < 1.29 is 13.2 Å². The van der Waals surface area contributed by atoms with E-state index in [-0.39, 0.29) is 47.4 Å². The number of amides is 1. The van der Waals surface area contributed by atoms with Crippen molar-refractivity contribution in [2.75, 3.05) is 32.7 Å². The molecule has 158 valence electrons. The summed E-state index contributed by atoms with van der Waals surface area (Å²) in [5.74, 6) is -0.0709. The van der Waals surface area contributed by atoms with Crippen LogP contribution in [0.25, 0.3) is 10.9 Å². The van der Waals surface area contributed by atoms with Crippen molar-refractivity contribution in [3.05, 3.63) is 39.0 Å². The van der Waals surface area contributed by atoms with Gasteiger partial charge in [-0.15, -0.1) is 0 Å². The average molecular weight is 423 g/mol. The number of piperazine rings is 1. The molecular weight excluding hydrogens is 398 g/mol. The van der Waals surface area contributed by atoms with Crippen molar-refractivity contribution in [1.82, 2.24) is 24.5 Å². The standard InChI is InChI=1S/C18H25N5O5S/c1-3-12(2)19-16(24)11-22-6-8-23(9-7-22)29(27,28)13-4-5-15-14(10-13)17(25)21-18(26)20-15/h4-5,10,12H,3,6-9,11H2,1-2H3,(H,19,24)(H2,20,21,25,26). The number of fused-ring (bicyclic) bond motifs is 1. The lowest BCUT2D eigenvalue weighted by atomic mass is 10.2. The summed E-state index contributed by atoms with van der Waals surface area (Å²) >= 11 is 0. The number of H-pyrrole nitrogens is 2. The molecule has 1 amide bonds. The zero-order valence-electron chi connectivity index (χ0n) is 16.4. The Labute approximate surface area is 168 Å². The largest absolute Gasteiger partial charge is 0.353 e. The lowest BCUT2D eigenvalue weighted by Gasteiger charge is -2.33. The molecule has 3 N–H and O–H groups in total. The van der Waals surface area contributed by atoms with Crippen molar-refractivity contribution in [3.8, 4) is 0 Å². The number of nitrogens with one attached hydrogen (secondary N) is 3. The van der Waals surface area contributed by atoms with E-state index in [9.17, 15) is 22.8 Å². The summed E-state index contributed by atoms with van der Waals surface area (Å²) in [4.78, 5) is 41.8. The third kappa shape index (κ3) is 4.74. The van der Waals surface area contributed by atoms with E-state index in [0.29, 0.717) is 13.1 Å². The van der Waals surface area contributed by atoms with Gasteiger partial charge in [0.2, 0.25) is 15.9 Å². The van der Waals surface area contributed by atoms with E-state index in [1.165, 1.54) is 22.5 Å². The monoisotopic (exact) mass is 423 g/mol. The first-order valence-corrected chi connectivity index (χ1v) is 10.9. The van der Waals surface area contributed by atoms with E-state index in [4.69, 9.17) is 0 Å². The van der Waals surface area contributed by atoms with Gasteiger partial charge in [-0.25, -0.2) is 13.2 Å². The fourth-order valence-electron chi connectivity index (χ4n) is 3.21. The van der Waals surface area contributed by atoms with Gasteiger partial charge in [0.1, 0.15) is 0 Å². The highest BCUT2D eigenvalue weighted by Crippen LogP contribution is 2.20. The molecule has 11 heteroatoms. The molecule has 0 aliphatic carbocycles. The highest BCUT2D eigenvalue weighted by molar-refractivity contribution is 7.89. The molecule has 29 heavy (non-hydrogen) atoms. The predicted molar refractivity (Wildman–Crippen MR) is 108 cm³/mol. The van der Waals surface area contributed by atoms with Gasteiger partial charge in [0.05, 0.1) is 22.3 Å². The fourth-order valence-corrected chi connectivity index (χ4v) is 4.66. The molecule has 1 fully saturated rings. The first-order valence-electron chi connectivity index (χ1n) is 9.49. The van der Waals surface area contributed by atoms with Gasteiger partial charge in [-0.3, -0.25) is 19.5 Å². The minimum absolute atomic E-state index is 0.00878. The van der Waals surface area contributed by atoms with E-state index in [0.717, 1.165) is 6.42 Å². The maximum atomic E-state index is 13.0. The summed E-state index contributed by atoms with van der Waals surface area (Å²) in [6.07, 6.45) is 0.847. The van der Waals surface area contributed by atoms with Crippen molar-refractivity contribution in [2.24, 2.45) is 0 Å². The number of carbonyl (C=O) groups is 1. The summed E-state index contributed by atoms with van der Waals surface area (Å²) in [5, 5.41) is 3.00. The molecular formula is C18H25N5O5S. The first-order chi connectivity index (χ1) is 13.7. The number of benzene rings is 1. The van der Waals surface area contributed by atoms with Crippen LogP contribution in [-0.2, 0) is 14.8 Å². The molecule has 2 heterocycles. The molecule has 10 nitrogen and oxygen atoms in total. The number of hydrogen-bond donors (Lipinski definition) is 3. The molecule has 3 rings (SSSR count). The Kier molecular flexibility index (Phi) is 6.20. The van der Waals surface area contributed by atoms with Gasteiger partial charge in [0.15, 0.2) is 0 Å². The average Bonchev–Trinajstić information content (AvgIpc) is 2.67. The molecule has 1 unspecified atom stereocenters. The van der Waals surface area contributed by atoms with Crippen LogP contribution >= 0.6 is 0 Å². The molecule has 1 aliphatic heterocycles. The number of sulfonamides is 1. The second kappa shape index (κ2) is 8.47. The summed E-state index contributed by atoms with van der Waals surface area (Å²) in [6.45, 7) is 5.54. The van der Waals surface area contributed by atoms with Crippen LogP contribution in [-0.4, -0.2) is 72.3 Å². The highest BCUT2D eigenvalue weighted by Gasteiger charge is 2.29. The lowest BCUT2D eigenvalue weighted by molar-refractivity contribution is -0.123. The maximum Gasteiger partial charge on any atom is 0.326 e. The first kappa shape index (κ1) is 21.2. The Hall–Kier alpha value is -2.50. The molecule has 0 saturated carbocycles. The predicted octanol–water partition coefficient (Wildman–Crippen LogP) is -0.563. The second-order valence-corrected chi connectivity index (χ2v) is 9.11. The van der Waals surface area contributed by atoms with Crippen molar-refractivity contribution in [2.45, 2.75) is 31.2 Å². The second-order valence-electron chi connectivity index (χ2n) is 7.17. The molecule has 0 spiro atoms. The third-order valence-corrected chi connectivity index (χ3v) is 6.96. The SMILES string of the molecule is CCC(C)NC(=O)CN1CCN(S(=O)(=O)c2ccc3[nH]c(=O)[nH]c(=O)c3c2)CC1. The van der Waals surface area contributed by atoms with Crippen LogP contribution in [0.15, 0.2) is 32.7 Å². The van der Waals surface area contributed by atoms with E-state index in [2.05, 4.69) is 15.3 Å². The minimum Gasteiger partial charge on any atom is -0.353 e. The van der Waals surface area contributed by atoms with Gasteiger partial charge in [0, 0.05) is 32.2 Å².